The van der Waals surface area contributed by atoms with Crippen LogP contribution in [0.3, 0.4) is 0 Å². The molecule has 0 aromatic rings. The average Bonchev–Trinajstić information content (AvgIpc) is 3.10. The van der Waals surface area contributed by atoms with Crippen molar-refractivity contribution in [3.8, 4) is 11.5 Å². The first-order valence-corrected chi connectivity index (χ1v) is 19.6. The maximum absolute atomic E-state index is 6.45. The second-order valence-electron chi connectivity index (χ2n) is 16.8. The monoisotopic (exact) mass is 589 g/mol. The average molecular weight is 589 g/mol. The summed E-state index contributed by atoms with van der Waals surface area (Å²) in [6.45, 7) is 47.7. The third kappa shape index (κ3) is 8.28. The van der Waals surface area contributed by atoms with Gasteiger partial charge in [0.25, 0.3) is 0 Å². The summed E-state index contributed by atoms with van der Waals surface area (Å²) >= 11 is 0. The molecule has 1 fully saturated rings. The predicted octanol–water partition coefficient (Wildman–Crippen LogP) is 11.4. The molecule has 1 aliphatic rings. The van der Waals surface area contributed by atoms with Crippen LogP contribution in [0.5, 0.6) is 0 Å². The largest absolute Gasteiger partial charge is 0.461 e. The molecular weight excluding hydrogens is 515 g/mol. The van der Waals surface area contributed by atoms with E-state index in [9.17, 15) is 0 Å². The Morgan fingerprint density at radius 1 is 0.463 bits per heavy atom. The quantitative estimate of drug-likeness (QED) is 0.157. The summed E-state index contributed by atoms with van der Waals surface area (Å²) in [6, 6.07) is 0. The highest BCUT2D eigenvalue weighted by Crippen LogP contribution is 2.46. The zero-order valence-corrected chi connectivity index (χ0v) is 32.4. The molecule has 240 valence electrons. The Bertz CT molecular complexity index is 830. The van der Waals surface area contributed by atoms with Gasteiger partial charge in [-0.2, -0.15) is 0 Å². The molecule has 1 rings (SSSR count). The molecule has 0 bridgehead atoms. The lowest BCUT2D eigenvalue weighted by molar-refractivity contribution is 0.00578. The van der Waals surface area contributed by atoms with Gasteiger partial charge in [0.1, 0.15) is 8.07 Å². The minimum absolute atomic E-state index is 0.136. The third-order valence-electron chi connectivity index (χ3n) is 13.5. The zero-order chi connectivity index (χ0) is 32.4. The molecule has 0 amide bonds. The minimum Gasteiger partial charge on any atom is -0.403 e. The van der Waals surface area contributed by atoms with Gasteiger partial charge in [-0.1, -0.05) is 111 Å². The Morgan fingerprint density at radius 3 is 1.07 bits per heavy atom. The van der Waals surface area contributed by atoms with Gasteiger partial charge in [-0.05, 0) is 97.5 Å². The molecule has 4 heteroatoms. The SMILES string of the molecule is CC(C)[Si](C#C[C@H](C)[C@@H](C)[C@H](C)[C@@H](C)[C@H](C)[C@@H](C)[C@H](C)[C@@H](C)[C@H](C)[C@@H](C)B1OC(C)(C)C(C)(C)O1)(C(C)C)C(C)C. The van der Waals surface area contributed by atoms with Crippen molar-refractivity contribution >= 4 is 15.2 Å². The van der Waals surface area contributed by atoms with Crippen LogP contribution in [-0.4, -0.2) is 26.4 Å². The summed E-state index contributed by atoms with van der Waals surface area (Å²) < 4.78 is 12.9. The predicted molar refractivity (Wildman–Crippen MR) is 187 cm³/mol. The summed E-state index contributed by atoms with van der Waals surface area (Å²) in [7, 11) is -1.83. The first-order chi connectivity index (χ1) is 18.5. The summed E-state index contributed by atoms with van der Waals surface area (Å²) in [4.78, 5) is 0. The molecule has 1 aliphatic heterocycles. The van der Waals surface area contributed by atoms with Gasteiger partial charge in [0.2, 0.25) is 0 Å². The van der Waals surface area contributed by atoms with Crippen LogP contribution in [0.4, 0.5) is 0 Å². The van der Waals surface area contributed by atoms with Gasteiger partial charge in [0.05, 0.1) is 11.2 Å². The molecule has 0 radical (unpaired) electrons. The number of rotatable bonds is 13. The molecule has 1 saturated heterocycles. The highest BCUT2D eigenvalue weighted by Gasteiger charge is 2.54. The summed E-state index contributed by atoms with van der Waals surface area (Å²) in [6.07, 6.45) is 0. The molecule has 0 aliphatic carbocycles. The van der Waals surface area contributed by atoms with E-state index in [1.165, 1.54) is 0 Å². The lowest BCUT2D eigenvalue weighted by atomic mass is 9.59. The van der Waals surface area contributed by atoms with Crippen LogP contribution < -0.4 is 0 Å². The van der Waals surface area contributed by atoms with E-state index in [0.717, 1.165) is 0 Å². The molecule has 10 atom stereocenters. The lowest BCUT2D eigenvalue weighted by Crippen LogP contribution is -2.43. The van der Waals surface area contributed by atoms with E-state index in [0.29, 0.717) is 75.7 Å². The van der Waals surface area contributed by atoms with E-state index in [-0.39, 0.29) is 18.3 Å². The standard InChI is InChI=1S/C37H73BO2Si/c1-23(2)41(24(3)4,25(5)6)22-21-26(7)27(8)28(9)29(10)30(11)31(12)32(13)33(14)34(15)35(16)38-39-36(17,18)37(19,20)40-38/h23-35H,1-20H3/t26-,27+,28-,29+,30-,31+,32-,33+,34-,35+/m0/s1. The third-order valence-corrected chi connectivity index (χ3v) is 19.8. The topological polar surface area (TPSA) is 18.5 Å². The normalized spacial score (nSPS) is 24.7. The van der Waals surface area contributed by atoms with Crippen molar-refractivity contribution in [2.45, 2.75) is 172 Å². The van der Waals surface area contributed by atoms with Gasteiger partial charge >= 0.3 is 7.12 Å². The highest BCUT2D eigenvalue weighted by molar-refractivity contribution is 6.90. The molecular formula is C37H73BO2Si. The molecule has 2 nitrogen and oxygen atoms in total. The zero-order valence-electron chi connectivity index (χ0n) is 31.4. The Kier molecular flexibility index (Phi) is 13.9. The highest BCUT2D eigenvalue weighted by atomic mass is 28.3. The minimum atomic E-state index is -1.69. The van der Waals surface area contributed by atoms with Crippen molar-refractivity contribution in [3.63, 3.8) is 0 Å². The Hall–Kier alpha value is -0.238. The number of hydrogen-bond acceptors (Lipinski definition) is 2. The molecule has 0 N–H and O–H groups in total. The first kappa shape index (κ1) is 38.8. The first-order valence-electron chi connectivity index (χ1n) is 17.4. The smallest absolute Gasteiger partial charge is 0.403 e. The van der Waals surface area contributed by atoms with Crippen LogP contribution in [0.2, 0.25) is 22.4 Å². The van der Waals surface area contributed by atoms with Crippen molar-refractivity contribution in [2.75, 3.05) is 0 Å². The second-order valence-corrected chi connectivity index (χ2v) is 22.4. The molecule has 0 spiro atoms. The van der Waals surface area contributed by atoms with Crippen molar-refractivity contribution in [1.82, 2.24) is 0 Å². The van der Waals surface area contributed by atoms with Crippen molar-refractivity contribution in [2.24, 2.45) is 53.3 Å². The van der Waals surface area contributed by atoms with Crippen molar-refractivity contribution < 1.29 is 9.31 Å². The van der Waals surface area contributed by atoms with Crippen LogP contribution in [0, 0.1) is 64.7 Å². The van der Waals surface area contributed by atoms with Crippen LogP contribution in [-0.2, 0) is 9.31 Å². The van der Waals surface area contributed by atoms with E-state index < -0.39 is 8.07 Å². The van der Waals surface area contributed by atoms with E-state index in [2.05, 4.69) is 150 Å². The van der Waals surface area contributed by atoms with Gasteiger partial charge in [-0.25, -0.2) is 0 Å². The Morgan fingerprint density at radius 2 is 0.756 bits per heavy atom. The van der Waals surface area contributed by atoms with E-state index in [1.807, 2.05) is 0 Å². The molecule has 0 unspecified atom stereocenters. The van der Waals surface area contributed by atoms with Crippen LogP contribution in [0.25, 0.3) is 0 Å². The second kappa shape index (κ2) is 14.7. The maximum Gasteiger partial charge on any atom is 0.461 e. The Labute approximate surface area is 260 Å². The van der Waals surface area contributed by atoms with Gasteiger partial charge in [0.15, 0.2) is 0 Å². The van der Waals surface area contributed by atoms with Crippen LogP contribution >= 0.6 is 0 Å². The Balaban J connectivity index is 2.97. The summed E-state index contributed by atoms with van der Waals surface area (Å²) in [5, 5.41) is 0. The van der Waals surface area contributed by atoms with Crippen molar-refractivity contribution in [3.05, 3.63) is 0 Å². The van der Waals surface area contributed by atoms with E-state index in [4.69, 9.17) is 9.31 Å². The fourth-order valence-electron chi connectivity index (χ4n) is 7.96. The number of hydrogen-bond donors (Lipinski definition) is 0. The molecule has 41 heavy (non-hydrogen) atoms. The fraction of sp³-hybridized carbons (Fsp3) is 0.946. The van der Waals surface area contributed by atoms with Crippen LogP contribution in [0.1, 0.15) is 138 Å². The lowest BCUT2D eigenvalue weighted by Gasteiger charge is -2.41. The van der Waals surface area contributed by atoms with E-state index in [1.54, 1.807) is 0 Å². The molecule has 0 aromatic heterocycles. The summed E-state index contributed by atoms with van der Waals surface area (Å²) in [5.41, 5.74) is 5.54. The van der Waals surface area contributed by atoms with Gasteiger partial charge in [-0.3, -0.25) is 0 Å². The van der Waals surface area contributed by atoms with Crippen molar-refractivity contribution in [1.29, 1.82) is 0 Å². The van der Waals surface area contributed by atoms with Gasteiger partial charge in [0, 0.05) is 5.92 Å². The summed E-state index contributed by atoms with van der Waals surface area (Å²) in [5.74, 6) is 9.54. The molecule has 0 saturated carbocycles. The van der Waals surface area contributed by atoms with Gasteiger partial charge in [-0.15, -0.1) is 11.5 Å². The van der Waals surface area contributed by atoms with E-state index >= 15 is 0 Å². The molecule has 0 aromatic carbocycles. The fourth-order valence-corrected chi connectivity index (χ4v) is 13.3. The van der Waals surface area contributed by atoms with Crippen LogP contribution in [0.15, 0.2) is 0 Å². The molecule has 1 heterocycles. The maximum atomic E-state index is 6.45. The van der Waals surface area contributed by atoms with Gasteiger partial charge < -0.3 is 9.31 Å².